The van der Waals surface area contributed by atoms with Crippen LogP contribution in [0.4, 0.5) is 5.69 Å². The molecule has 1 heterocycles. The summed E-state index contributed by atoms with van der Waals surface area (Å²) in [5.41, 5.74) is 0.687. The molecule has 5 heteroatoms. The van der Waals surface area contributed by atoms with Crippen LogP contribution in [0.3, 0.4) is 0 Å². The Balaban J connectivity index is 2.02. The zero-order chi connectivity index (χ0) is 12.1. The van der Waals surface area contributed by atoms with Gasteiger partial charge in [-0.1, -0.05) is 11.6 Å². The van der Waals surface area contributed by atoms with Gasteiger partial charge < -0.3 is 9.47 Å². The number of isothiocyanates is 1. The number of thiocarbonyl (C=S) groups is 1. The summed E-state index contributed by atoms with van der Waals surface area (Å²) < 4.78 is 11.1. The largest absolute Gasteiger partial charge is 0.489 e. The van der Waals surface area contributed by atoms with Crippen molar-refractivity contribution in [2.24, 2.45) is 4.99 Å². The van der Waals surface area contributed by atoms with E-state index in [0.29, 0.717) is 23.1 Å². The quantitative estimate of drug-likeness (QED) is 0.618. The van der Waals surface area contributed by atoms with E-state index in [9.17, 15) is 0 Å². The third kappa shape index (κ3) is 3.51. The van der Waals surface area contributed by atoms with Gasteiger partial charge >= 0.3 is 0 Å². The number of halogens is 1. The van der Waals surface area contributed by atoms with E-state index in [2.05, 4.69) is 22.4 Å². The van der Waals surface area contributed by atoms with E-state index in [-0.39, 0.29) is 6.10 Å². The summed E-state index contributed by atoms with van der Waals surface area (Å²) in [6.45, 7) is 1.33. The topological polar surface area (TPSA) is 30.8 Å². The third-order valence-electron chi connectivity index (χ3n) is 2.54. The molecule has 0 aromatic heterocycles. The van der Waals surface area contributed by atoms with Gasteiger partial charge in [0.2, 0.25) is 0 Å². The number of hydrogen-bond acceptors (Lipinski definition) is 4. The molecule has 2 rings (SSSR count). The second-order valence-corrected chi connectivity index (χ2v) is 4.35. The summed E-state index contributed by atoms with van der Waals surface area (Å²) in [5, 5.41) is 2.87. The smallest absolute Gasteiger partial charge is 0.140 e. The number of rotatable bonds is 4. The highest BCUT2D eigenvalue weighted by atomic mass is 35.5. The number of aliphatic imine (C=N–C) groups is 1. The minimum absolute atomic E-state index is 0.170. The molecule has 3 nitrogen and oxygen atoms in total. The highest BCUT2D eigenvalue weighted by molar-refractivity contribution is 7.78. The fourth-order valence-electron chi connectivity index (χ4n) is 1.68. The molecule has 0 radical (unpaired) electrons. The molecule has 1 aromatic rings. The van der Waals surface area contributed by atoms with Crippen molar-refractivity contribution in [1.82, 2.24) is 0 Å². The lowest BCUT2D eigenvalue weighted by Gasteiger charge is -2.12. The van der Waals surface area contributed by atoms with Crippen LogP contribution in [0.5, 0.6) is 5.75 Å². The Morgan fingerprint density at radius 2 is 2.47 bits per heavy atom. The van der Waals surface area contributed by atoms with Crippen LogP contribution in [0.25, 0.3) is 0 Å². The lowest BCUT2D eigenvalue weighted by molar-refractivity contribution is 0.0680. The van der Waals surface area contributed by atoms with Gasteiger partial charge in [0, 0.05) is 12.7 Å². The molecule has 1 atom stereocenters. The Morgan fingerprint density at radius 1 is 1.59 bits per heavy atom. The lowest BCUT2D eigenvalue weighted by atomic mass is 10.2. The lowest BCUT2D eigenvalue weighted by Crippen LogP contribution is -2.16. The van der Waals surface area contributed by atoms with Gasteiger partial charge in [0.1, 0.15) is 12.4 Å². The van der Waals surface area contributed by atoms with Crippen molar-refractivity contribution >= 4 is 34.7 Å². The minimum Gasteiger partial charge on any atom is -0.489 e. The third-order valence-corrected chi connectivity index (χ3v) is 2.94. The molecule has 0 bridgehead atoms. The van der Waals surface area contributed by atoms with Crippen LogP contribution in [0.1, 0.15) is 12.8 Å². The van der Waals surface area contributed by atoms with Crippen molar-refractivity contribution in [3.63, 3.8) is 0 Å². The Bertz CT molecular complexity index is 440. The Labute approximate surface area is 110 Å². The first-order valence-electron chi connectivity index (χ1n) is 5.41. The van der Waals surface area contributed by atoms with E-state index in [4.69, 9.17) is 21.1 Å². The Kier molecular flexibility index (Phi) is 4.51. The van der Waals surface area contributed by atoms with Crippen LogP contribution in [0.15, 0.2) is 23.2 Å². The summed E-state index contributed by atoms with van der Waals surface area (Å²) in [4.78, 5) is 3.88. The van der Waals surface area contributed by atoms with Gasteiger partial charge in [-0.3, -0.25) is 0 Å². The molecule has 1 unspecified atom stereocenters. The van der Waals surface area contributed by atoms with Gasteiger partial charge in [0.25, 0.3) is 0 Å². The van der Waals surface area contributed by atoms with Crippen molar-refractivity contribution in [1.29, 1.82) is 0 Å². The molecule has 0 saturated carbocycles. The molecule has 1 fully saturated rings. The zero-order valence-corrected chi connectivity index (χ0v) is 10.8. The summed E-state index contributed by atoms with van der Waals surface area (Å²) in [7, 11) is 0. The van der Waals surface area contributed by atoms with Crippen molar-refractivity contribution in [3.8, 4) is 5.75 Å². The van der Waals surface area contributed by atoms with Crippen LogP contribution in [0.2, 0.25) is 5.02 Å². The highest BCUT2D eigenvalue weighted by Gasteiger charge is 2.16. The van der Waals surface area contributed by atoms with Gasteiger partial charge in [-0.05, 0) is 37.2 Å². The fourth-order valence-corrected chi connectivity index (χ4v) is 1.96. The maximum Gasteiger partial charge on any atom is 0.140 e. The number of ether oxygens (including phenoxy) is 2. The summed E-state index contributed by atoms with van der Waals surface area (Å²) in [6, 6.07) is 5.25. The molecule has 1 aliphatic rings. The maximum atomic E-state index is 6.03. The first-order valence-corrected chi connectivity index (χ1v) is 6.20. The van der Waals surface area contributed by atoms with Crippen molar-refractivity contribution in [2.45, 2.75) is 18.9 Å². The average Bonchev–Trinajstić information content (AvgIpc) is 2.83. The Hall–Kier alpha value is -0.930. The molecule has 0 N–H and O–H groups in total. The van der Waals surface area contributed by atoms with Crippen LogP contribution >= 0.6 is 23.8 Å². The Morgan fingerprint density at radius 3 is 3.18 bits per heavy atom. The molecule has 90 valence electrons. The standard InChI is InChI=1S/C12H12ClNO2S/c13-11-4-3-9(14-8-17)6-12(11)16-7-10-2-1-5-15-10/h3-4,6,10H,1-2,5,7H2. The zero-order valence-electron chi connectivity index (χ0n) is 9.19. The molecule has 1 aromatic carbocycles. The van der Waals surface area contributed by atoms with Gasteiger partial charge in [0.15, 0.2) is 0 Å². The van der Waals surface area contributed by atoms with Crippen LogP contribution in [0, 0.1) is 0 Å². The van der Waals surface area contributed by atoms with Gasteiger partial charge in [0.05, 0.1) is 22.0 Å². The van der Waals surface area contributed by atoms with Crippen LogP contribution in [-0.4, -0.2) is 24.5 Å². The van der Waals surface area contributed by atoms with E-state index in [1.807, 2.05) is 0 Å². The van der Waals surface area contributed by atoms with E-state index in [1.165, 1.54) is 0 Å². The normalized spacial score (nSPS) is 18.8. The molecule has 17 heavy (non-hydrogen) atoms. The van der Waals surface area contributed by atoms with E-state index >= 15 is 0 Å². The molecular weight excluding hydrogens is 258 g/mol. The SMILES string of the molecule is S=C=Nc1ccc(Cl)c(OCC2CCCO2)c1. The van der Waals surface area contributed by atoms with Gasteiger partial charge in [-0.25, -0.2) is 0 Å². The van der Waals surface area contributed by atoms with E-state index in [1.54, 1.807) is 18.2 Å². The number of nitrogens with zero attached hydrogens (tertiary/aromatic N) is 1. The second-order valence-electron chi connectivity index (χ2n) is 3.76. The molecule has 0 aliphatic carbocycles. The second kappa shape index (κ2) is 6.12. The van der Waals surface area contributed by atoms with Crippen LogP contribution < -0.4 is 4.74 Å². The predicted molar refractivity (Wildman–Crippen MR) is 70.6 cm³/mol. The van der Waals surface area contributed by atoms with E-state index in [0.717, 1.165) is 19.4 Å². The van der Waals surface area contributed by atoms with Gasteiger partial charge in [-0.15, -0.1) is 0 Å². The van der Waals surface area contributed by atoms with Crippen molar-refractivity contribution in [2.75, 3.05) is 13.2 Å². The first kappa shape index (κ1) is 12.5. The van der Waals surface area contributed by atoms with Gasteiger partial charge in [-0.2, -0.15) is 4.99 Å². The summed E-state index contributed by atoms with van der Waals surface area (Å²) in [5.74, 6) is 0.605. The molecule has 1 saturated heterocycles. The average molecular weight is 270 g/mol. The molecular formula is C12H12ClNO2S. The van der Waals surface area contributed by atoms with Crippen molar-refractivity contribution in [3.05, 3.63) is 23.2 Å². The minimum atomic E-state index is 0.170. The first-order chi connectivity index (χ1) is 8.29. The summed E-state index contributed by atoms with van der Waals surface area (Å²) >= 11 is 10.6. The van der Waals surface area contributed by atoms with Crippen LogP contribution in [-0.2, 0) is 4.74 Å². The fraction of sp³-hybridized carbons (Fsp3) is 0.417. The number of benzene rings is 1. The molecule has 0 amide bonds. The van der Waals surface area contributed by atoms with Crippen molar-refractivity contribution < 1.29 is 9.47 Å². The maximum absolute atomic E-state index is 6.03. The van der Waals surface area contributed by atoms with E-state index < -0.39 is 0 Å². The number of hydrogen-bond donors (Lipinski definition) is 0. The summed E-state index contributed by atoms with van der Waals surface area (Å²) in [6.07, 6.45) is 2.30. The molecule has 1 aliphatic heterocycles. The predicted octanol–water partition coefficient (Wildman–Crippen LogP) is 3.63. The molecule has 0 spiro atoms. The highest BCUT2D eigenvalue weighted by Crippen LogP contribution is 2.29. The monoisotopic (exact) mass is 269 g/mol.